The summed E-state index contributed by atoms with van der Waals surface area (Å²) in [6, 6.07) is 8.36. The lowest BCUT2D eigenvalue weighted by molar-refractivity contribution is -0.107. The van der Waals surface area contributed by atoms with Gasteiger partial charge in [-0.3, -0.25) is 0 Å². The molecule has 0 radical (unpaired) electrons. The smallest absolute Gasteiger partial charge is 0.119 e. The molecule has 0 heterocycles. The van der Waals surface area contributed by atoms with Crippen molar-refractivity contribution < 1.29 is 4.79 Å². The van der Waals surface area contributed by atoms with Crippen molar-refractivity contribution in [3.8, 4) is 0 Å². The average Bonchev–Trinajstić information content (AvgIpc) is 2.24. The molecule has 15 heavy (non-hydrogen) atoms. The molecule has 82 valence electrons. The minimum Gasteiger partial charge on any atom is -0.303 e. The van der Waals surface area contributed by atoms with Gasteiger partial charge in [0.2, 0.25) is 0 Å². The summed E-state index contributed by atoms with van der Waals surface area (Å²) in [7, 11) is 0. The number of benzene rings is 1. The van der Waals surface area contributed by atoms with Gasteiger partial charge in [0.05, 0.1) is 0 Å². The first-order valence-corrected chi connectivity index (χ1v) is 5.38. The molecule has 1 nitrogen and oxygen atoms in total. The predicted octanol–water partition coefficient (Wildman–Crippen LogP) is 4.01. The van der Waals surface area contributed by atoms with Gasteiger partial charge in [-0.2, -0.15) is 0 Å². The number of hydrogen-bond acceptors (Lipinski definition) is 1. The molecule has 0 atom stereocenters. The molecule has 0 fully saturated rings. The van der Waals surface area contributed by atoms with E-state index in [-0.39, 0.29) is 0 Å². The normalized spacial score (nSPS) is 9.53. The SMILES string of the molecule is C/C=C\c1ccccc1C.CCCC=O. The molecular weight excluding hydrogens is 184 g/mol. The summed E-state index contributed by atoms with van der Waals surface area (Å²) >= 11 is 0. The van der Waals surface area contributed by atoms with Gasteiger partial charge in [-0.15, -0.1) is 0 Å². The Morgan fingerprint density at radius 1 is 1.27 bits per heavy atom. The van der Waals surface area contributed by atoms with E-state index in [9.17, 15) is 4.79 Å². The molecule has 0 saturated carbocycles. The van der Waals surface area contributed by atoms with Crippen molar-refractivity contribution in [3.63, 3.8) is 0 Å². The minimum atomic E-state index is 0.708. The van der Waals surface area contributed by atoms with Gasteiger partial charge < -0.3 is 4.79 Å². The van der Waals surface area contributed by atoms with Crippen LogP contribution < -0.4 is 0 Å². The summed E-state index contributed by atoms with van der Waals surface area (Å²) in [4.78, 5) is 9.40. The van der Waals surface area contributed by atoms with Crippen molar-refractivity contribution in [3.05, 3.63) is 41.5 Å². The molecule has 1 aromatic rings. The first kappa shape index (κ1) is 13.6. The van der Waals surface area contributed by atoms with Crippen molar-refractivity contribution in [1.29, 1.82) is 0 Å². The Morgan fingerprint density at radius 2 is 1.93 bits per heavy atom. The Hall–Kier alpha value is -1.37. The van der Waals surface area contributed by atoms with Gasteiger partial charge in [0, 0.05) is 6.42 Å². The number of unbranched alkanes of at least 4 members (excludes halogenated alkanes) is 1. The molecule has 0 aromatic heterocycles. The van der Waals surface area contributed by atoms with E-state index in [2.05, 4.69) is 43.3 Å². The van der Waals surface area contributed by atoms with E-state index in [1.807, 2.05) is 13.8 Å². The molecule has 1 aromatic carbocycles. The van der Waals surface area contributed by atoms with Gasteiger partial charge in [0.1, 0.15) is 6.29 Å². The second-order valence-corrected chi connectivity index (χ2v) is 3.31. The predicted molar refractivity (Wildman–Crippen MR) is 66.9 cm³/mol. The number of rotatable bonds is 3. The lowest BCUT2D eigenvalue weighted by Gasteiger charge is -1.96. The van der Waals surface area contributed by atoms with Crippen LogP contribution in [-0.4, -0.2) is 6.29 Å². The summed E-state index contributed by atoms with van der Waals surface area (Å²) in [6.45, 7) is 6.14. The van der Waals surface area contributed by atoms with Crippen LogP contribution in [0.5, 0.6) is 0 Å². The summed E-state index contributed by atoms with van der Waals surface area (Å²) in [5.74, 6) is 0. The maximum atomic E-state index is 9.40. The third kappa shape index (κ3) is 6.67. The molecule has 0 saturated heterocycles. The van der Waals surface area contributed by atoms with Crippen molar-refractivity contribution >= 4 is 12.4 Å². The fraction of sp³-hybridized carbons (Fsp3) is 0.357. The van der Waals surface area contributed by atoms with Gasteiger partial charge in [0.25, 0.3) is 0 Å². The van der Waals surface area contributed by atoms with Gasteiger partial charge in [0.15, 0.2) is 0 Å². The highest BCUT2D eigenvalue weighted by molar-refractivity contribution is 5.52. The minimum absolute atomic E-state index is 0.708. The van der Waals surface area contributed by atoms with Gasteiger partial charge >= 0.3 is 0 Å². The van der Waals surface area contributed by atoms with Crippen LogP contribution in [0.4, 0.5) is 0 Å². The lowest BCUT2D eigenvalue weighted by atomic mass is 10.1. The molecule has 0 aliphatic rings. The van der Waals surface area contributed by atoms with Crippen LogP contribution in [0, 0.1) is 6.92 Å². The molecule has 0 aliphatic carbocycles. The zero-order valence-electron chi connectivity index (χ0n) is 9.86. The second kappa shape index (κ2) is 9.20. The highest BCUT2D eigenvalue weighted by Gasteiger charge is 1.87. The maximum absolute atomic E-state index is 9.40. The molecule has 0 amide bonds. The van der Waals surface area contributed by atoms with E-state index in [1.54, 1.807) is 0 Å². The molecule has 0 aliphatic heterocycles. The van der Waals surface area contributed by atoms with Crippen LogP contribution in [-0.2, 0) is 4.79 Å². The first-order valence-electron chi connectivity index (χ1n) is 5.38. The van der Waals surface area contributed by atoms with Crippen molar-refractivity contribution in [2.45, 2.75) is 33.6 Å². The van der Waals surface area contributed by atoms with Gasteiger partial charge in [-0.05, 0) is 31.4 Å². The van der Waals surface area contributed by atoms with E-state index >= 15 is 0 Å². The molecule has 0 bridgehead atoms. The van der Waals surface area contributed by atoms with Crippen LogP contribution in [0.2, 0.25) is 0 Å². The number of aldehydes is 1. The number of carbonyl (C=O) groups is 1. The van der Waals surface area contributed by atoms with Crippen LogP contribution in [0.1, 0.15) is 37.8 Å². The maximum Gasteiger partial charge on any atom is 0.119 e. The van der Waals surface area contributed by atoms with Crippen molar-refractivity contribution in [1.82, 2.24) is 0 Å². The standard InChI is InChI=1S/C10H12.C4H8O/c1-3-6-10-8-5-4-7-9(10)2;1-2-3-4-5/h3-8H,1-2H3;4H,2-3H2,1H3/b6-3-;. The molecule has 0 spiro atoms. The van der Waals surface area contributed by atoms with Crippen LogP contribution in [0.3, 0.4) is 0 Å². The third-order valence-electron chi connectivity index (χ3n) is 1.94. The Kier molecular flexibility index (Phi) is 8.36. The fourth-order valence-electron chi connectivity index (χ4n) is 1.07. The van der Waals surface area contributed by atoms with Gasteiger partial charge in [-0.1, -0.05) is 43.3 Å². The Bertz CT molecular complexity index is 300. The topological polar surface area (TPSA) is 17.1 Å². The summed E-state index contributed by atoms with van der Waals surface area (Å²) in [5, 5.41) is 0. The second-order valence-electron chi connectivity index (χ2n) is 3.31. The van der Waals surface area contributed by atoms with Crippen LogP contribution in [0.25, 0.3) is 6.08 Å². The van der Waals surface area contributed by atoms with Gasteiger partial charge in [-0.25, -0.2) is 0 Å². The number of allylic oxidation sites excluding steroid dienone is 1. The van der Waals surface area contributed by atoms with E-state index in [4.69, 9.17) is 0 Å². The van der Waals surface area contributed by atoms with Crippen LogP contribution in [0.15, 0.2) is 30.3 Å². The average molecular weight is 204 g/mol. The van der Waals surface area contributed by atoms with Crippen molar-refractivity contribution in [2.24, 2.45) is 0 Å². The highest BCUT2D eigenvalue weighted by Crippen LogP contribution is 2.07. The Labute approximate surface area is 92.8 Å². The van der Waals surface area contributed by atoms with Crippen molar-refractivity contribution in [2.75, 3.05) is 0 Å². The monoisotopic (exact) mass is 204 g/mol. The highest BCUT2D eigenvalue weighted by atomic mass is 16.1. The molecule has 0 unspecified atom stereocenters. The number of hydrogen-bond donors (Lipinski definition) is 0. The van der Waals surface area contributed by atoms with E-state index in [0.717, 1.165) is 12.7 Å². The first-order chi connectivity index (χ1) is 7.26. The summed E-state index contributed by atoms with van der Waals surface area (Å²) in [6.07, 6.45) is 6.79. The lowest BCUT2D eigenvalue weighted by Crippen LogP contribution is -1.76. The zero-order valence-corrected chi connectivity index (χ0v) is 9.86. The molecule has 1 rings (SSSR count). The summed E-state index contributed by atoms with van der Waals surface area (Å²) < 4.78 is 0. The fourth-order valence-corrected chi connectivity index (χ4v) is 1.07. The van der Waals surface area contributed by atoms with E-state index in [1.165, 1.54) is 11.1 Å². The largest absolute Gasteiger partial charge is 0.303 e. The quantitative estimate of drug-likeness (QED) is 0.680. The Morgan fingerprint density at radius 3 is 2.33 bits per heavy atom. The summed E-state index contributed by atoms with van der Waals surface area (Å²) in [5.41, 5.74) is 2.64. The van der Waals surface area contributed by atoms with E-state index < -0.39 is 0 Å². The van der Waals surface area contributed by atoms with Crippen LogP contribution >= 0.6 is 0 Å². The van der Waals surface area contributed by atoms with E-state index in [0.29, 0.717) is 6.42 Å². The number of carbonyl (C=O) groups excluding carboxylic acids is 1. The zero-order chi connectivity index (χ0) is 11.5. The molecular formula is C14H20O. The third-order valence-corrected chi connectivity index (χ3v) is 1.94. The Balaban J connectivity index is 0.000000336. The molecule has 1 heteroatoms. The number of aryl methyl sites for hydroxylation is 1. The molecule has 0 N–H and O–H groups in total.